The summed E-state index contributed by atoms with van der Waals surface area (Å²) in [6.07, 6.45) is 6.77. The van der Waals surface area contributed by atoms with Crippen LogP contribution in [0.5, 0.6) is 0 Å². The van der Waals surface area contributed by atoms with Gasteiger partial charge in [0, 0.05) is 4.90 Å². The highest BCUT2D eigenvalue weighted by atomic mass is 32.2. The van der Waals surface area contributed by atoms with E-state index in [1.54, 1.807) is 0 Å². The van der Waals surface area contributed by atoms with Gasteiger partial charge in [0.05, 0.1) is 10.5 Å². The van der Waals surface area contributed by atoms with Crippen molar-refractivity contribution in [3.8, 4) is 0 Å². The number of benzene rings is 1. The minimum absolute atomic E-state index is 0.358. The molecule has 0 saturated heterocycles. The van der Waals surface area contributed by atoms with Crippen molar-refractivity contribution in [1.29, 1.82) is 0 Å². The molecule has 1 saturated carbocycles. The van der Waals surface area contributed by atoms with Crippen LogP contribution in [-0.2, 0) is 16.3 Å². The van der Waals surface area contributed by atoms with Gasteiger partial charge < -0.3 is 0 Å². The van der Waals surface area contributed by atoms with Crippen LogP contribution in [0.15, 0.2) is 29.2 Å². The Morgan fingerprint density at radius 1 is 1.09 bits per heavy atom. The monoisotopic (exact) mass is 354 g/mol. The summed E-state index contributed by atoms with van der Waals surface area (Å²) in [7, 11) is -2.98. The number of aryl methyl sites for hydroxylation is 1. The van der Waals surface area contributed by atoms with E-state index in [0.717, 1.165) is 30.1 Å². The van der Waals surface area contributed by atoms with Gasteiger partial charge in [0.2, 0.25) is 0 Å². The van der Waals surface area contributed by atoms with E-state index in [1.165, 1.54) is 24.8 Å². The fraction of sp³-hybridized carbons (Fsp3) is 0.684. The molecule has 0 atom stereocenters. The van der Waals surface area contributed by atoms with Crippen molar-refractivity contribution < 1.29 is 8.42 Å². The first-order chi connectivity index (χ1) is 10.7. The molecule has 0 heterocycles. The molecule has 0 radical (unpaired) electrons. The molecule has 1 aromatic carbocycles. The van der Waals surface area contributed by atoms with Gasteiger partial charge in [-0.3, -0.25) is 0 Å². The van der Waals surface area contributed by atoms with E-state index in [9.17, 15) is 8.42 Å². The number of hydrogen-bond donors (Lipinski definition) is 1. The maximum Gasteiger partial charge on any atom is 0.155 e. The summed E-state index contributed by atoms with van der Waals surface area (Å²) in [6.45, 7) is 5.43. The van der Waals surface area contributed by atoms with E-state index < -0.39 is 14.6 Å². The van der Waals surface area contributed by atoms with Gasteiger partial charge in [0.15, 0.2) is 9.84 Å². The SMILES string of the molecule is CC(C)(C)S(=O)(=O)CC1CCC(CCc2cccc(S)c2)CC1. The van der Waals surface area contributed by atoms with Crippen LogP contribution < -0.4 is 0 Å². The molecule has 1 aliphatic rings. The fourth-order valence-electron chi connectivity index (χ4n) is 3.33. The molecule has 2 nitrogen and oxygen atoms in total. The second kappa shape index (κ2) is 7.60. The lowest BCUT2D eigenvalue weighted by Gasteiger charge is -2.30. The Kier molecular flexibility index (Phi) is 6.23. The molecule has 0 spiro atoms. The van der Waals surface area contributed by atoms with Crippen molar-refractivity contribution in [2.45, 2.75) is 68.9 Å². The first kappa shape index (κ1) is 18.9. The third-order valence-electron chi connectivity index (χ3n) is 5.11. The average molecular weight is 355 g/mol. The largest absolute Gasteiger partial charge is 0.228 e. The van der Waals surface area contributed by atoms with E-state index in [0.29, 0.717) is 11.7 Å². The van der Waals surface area contributed by atoms with Gasteiger partial charge in [-0.25, -0.2) is 8.42 Å². The topological polar surface area (TPSA) is 34.1 Å². The van der Waals surface area contributed by atoms with E-state index in [4.69, 9.17) is 0 Å². The van der Waals surface area contributed by atoms with Crippen LogP contribution in [0.4, 0.5) is 0 Å². The summed E-state index contributed by atoms with van der Waals surface area (Å²) in [5.74, 6) is 1.47. The van der Waals surface area contributed by atoms with Crippen LogP contribution >= 0.6 is 12.6 Å². The minimum atomic E-state index is -2.98. The second-order valence-corrected chi connectivity index (χ2v) is 11.3. The Bertz CT molecular complexity index is 607. The van der Waals surface area contributed by atoms with E-state index in [2.05, 4.69) is 30.8 Å². The van der Waals surface area contributed by atoms with E-state index in [1.807, 2.05) is 26.8 Å². The highest BCUT2D eigenvalue weighted by Gasteiger charge is 2.33. The summed E-state index contributed by atoms with van der Waals surface area (Å²) in [6, 6.07) is 8.38. The maximum absolute atomic E-state index is 12.3. The van der Waals surface area contributed by atoms with Gasteiger partial charge in [-0.15, -0.1) is 12.6 Å². The van der Waals surface area contributed by atoms with Crippen molar-refractivity contribution in [2.75, 3.05) is 5.75 Å². The van der Waals surface area contributed by atoms with Crippen LogP contribution in [0.1, 0.15) is 58.4 Å². The Morgan fingerprint density at radius 3 is 2.26 bits per heavy atom. The quantitative estimate of drug-likeness (QED) is 0.761. The lowest BCUT2D eigenvalue weighted by molar-refractivity contribution is 0.278. The summed E-state index contributed by atoms with van der Waals surface area (Å²) in [4.78, 5) is 1.03. The highest BCUT2D eigenvalue weighted by Crippen LogP contribution is 2.34. The lowest BCUT2D eigenvalue weighted by atomic mass is 9.80. The molecular weight excluding hydrogens is 324 g/mol. The van der Waals surface area contributed by atoms with E-state index >= 15 is 0 Å². The molecule has 4 heteroatoms. The molecule has 2 rings (SSSR count). The molecule has 1 fully saturated rings. The Balaban J connectivity index is 1.78. The third-order valence-corrected chi connectivity index (χ3v) is 8.16. The Hall–Kier alpha value is -0.480. The van der Waals surface area contributed by atoms with Gasteiger partial charge >= 0.3 is 0 Å². The summed E-state index contributed by atoms with van der Waals surface area (Å²) in [5, 5.41) is 0. The zero-order valence-electron chi connectivity index (χ0n) is 14.6. The molecule has 0 amide bonds. The van der Waals surface area contributed by atoms with Crippen LogP contribution in [-0.4, -0.2) is 18.9 Å². The number of hydrogen-bond acceptors (Lipinski definition) is 3. The lowest BCUT2D eigenvalue weighted by Crippen LogP contribution is -2.34. The number of rotatable bonds is 5. The molecule has 0 N–H and O–H groups in total. The summed E-state index contributed by atoms with van der Waals surface area (Å²) >= 11 is 4.39. The molecule has 1 aliphatic carbocycles. The van der Waals surface area contributed by atoms with Crippen molar-refractivity contribution in [2.24, 2.45) is 11.8 Å². The molecular formula is C19H30O2S2. The zero-order valence-corrected chi connectivity index (χ0v) is 16.3. The molecule has 0 aliphatic heterocycles. The van der Waals surface area contributed by atoms with Crippen LogP contribution in [0, 0.1) is 11.8 Å². The molecule has 0 bridgehead atoms. The summed E-state index contributed by atoms with van der Waals surface area (Å²) in [5.41, 5.74) is 1.36. The van der Waals surface area contributed by atoms with Crippen molar-refractivity contribution in [1.82, 2.24) is 0 Å². The molecule has 0 unspecified atom stereocenters. The average Bonchev–Trinajstić information content (AvgIpc) is 2.45. The molecule has 23 heavy (non-hydrogen) atoms. The fourth-order valence-corrected chi connectivity index (χ4v) is 5.04. The molecule has 0 aromatic heterocycles. The Morgan fingerprint density at radius 2 is 1.70 bits per heavy atom. The normalized spacial score (nSPS) is 23.0. The number of thiol groups is 1. The Labute approximate surface area is 147 Å². The minimum Gasteiger partial charge on any atom is -0.228 e. The van der Waals surface area contributed by atoms with Gasteiger partial charge in [-0.05, 0) is 76.0 Å². The maximum atomic E-state index is 12.3. The van der Waals surface area contributed by atoms with E-state index in [-0.39, 0.29) is 0 Å². The first-order valence-corrected chi connectivity index (χ1v) is 10.8. The van der Waals surface area contributed by atoms with Gasteiger partial charge in [-0.1, -0.05) is 25.0 Å². The summed E-state index contributed by atoms with van der Waals surface area (Å²) < 4.78 is 24.1. The predicted molar refractivity (Wildman–Crippen MR) is 101 cm³/mol. The van der Waals surface area contributed by atoms with Crippen molar-refractivity contribution >= 4 is 22.5 Å². The van der Waals surface area contributed by atoms with Crippen molar-refractivity contribution in [3.05, 3.63) is 29.8 Å². The first-order valence-electron chi connectivity index (χ1n) is 8.67. The highest BCUT2D eigenvalue weighted by molar-refractivity contribution is 7.92. The predicted octanol–water partition coefficient (Wildman–Crippen LogP) is 4.93. The third kappa shape index (κ3) is 5.53. The van der Waals surface area contributed by atoms with Gasteiger partial charge in [-0.2, -0.15) is 0 Å². The molecule has 130 valence electrons. The van der Waals surface area contributed by atoms with Crippen molar-refractivity contribution in [3.63, 3.8) is 0 Å². The zero-order chi connectivity index (χ0) is 17.1. The molecule has 1 aromatic rings. The van der Waals surface area contributed by atoms with Crippen LogP contribution in [0.2, 0.25) is 0 Å². The van der Waals surface area contributed by atoms with Crippen LogP contribution in [0.25, 0.3) is 0 Å². The van der Waals surface area contributed by atoms with Gasteiger partial charge in [0.25, 0.3) is 0 Å². The standard InChI is InChI=1S/C19H30O2S2/c1-19(2,3)23(20,21)14-17-11-8-15(9-12-17)7-10-16-5-4-6-18(22)13-16/h4-6,13,15,17,22H,7-12,14H2,1-3H3. The second-order valence-electron chi connectivity index (χ2n) is 7.99. The smallest absolute Gasteiger partial charge is 0.155 e. The van der Waals surface area contributed by atoms with Crippen LogP contribution in [0.3, 0.4) is 0 Å². The van der Waals surface area contributed by atoms with Gasteiger partial charge in [0.1, 0.15) is 0 Å². The number of sulfone groups is 1.